The molecule has 146 valence electrons. The summed E-state index contributed by atoms with van der Waals surface area (Å²) in [6.45, 7) is 6.33. The number of ether oxygens (including phenoxy) is 1. The lowest BCUT2D eigenvalue weighted by Gasteiger charge is -2.22. The van der Waals surface area contributed by atoms with E-state index in [2.05, 4.69) is 13.8 Å². The van der Waals surface area contributed by atoms with Crippen LogP contribution >= 0.6 is 11.3 Å². The van der Waals surface area contributed by atoms with Gasteiger partial charge >= 0.3 is 5.97 Å². The van der Waals surface area contributed by atoms with E-state index in [9.17, 15) is 14.0 Å². The van der Waals surface area contributed by atoms with Gasteiger partial charge in [-0.2, -0.15) is 0 Å². The van der Waals surface area contributed by atoms with Crippen LogP contribution in [-0.4, -0.2) is 18.4 Å². The number of carbonyl (C=O) groups excluding carboxylic acids is 2. The Hall–Kier alpha value is -2.01. The Labute approximate surface area is 164 Å². The van der Waals surface area contributed by atoms with Crippen molar-refractivity contribution in [2.24, 2.45) is 5.41 Å². The minimum atomic E-state index is -0.274. The Kier molecular flexibility index (Phi) is 7.72. The summed E-state index contributed by atoms with van der Waals surface area (Å²) in [5.41, 5.74) is 0.693. The molecule has 0 aliphatic rings. The van der Waals surface area contributed by atoms with E-state index in [0.29, 0.717) is 25.9 Å². The smallest absolute Gasteiger partial charge is 0.306 e. The molecule has 5 heteroatoms. The maximum atomic E-state index is 13.2. The molecule has 0 radical (unpaired) electrons. The van der Waals surface area contributed by atoms with Crippen molar-refractivity contribution in [3.63, 3.8) is 0 Å². The zero-order valence-electron chi connectivity index (χ0n) is 16.2. The summed E-state index contributed by atoms with van der Waals surface area (Å²) in [5.74, 6) is -0.355. The van der Waals surface area contributed by atoms with Gasteiger partial charge in [-0.3, -0.25) is 9.59 Å². The predicted molar refractivity (Wildman–Crippen MR) is 107 cm³/mol. The van der Waals surface area contributed by atoms with Crippen LogP contribution in [0.2, 0.25) is 0 Å². The first-order valence-electron chi connectivity index (χ1n) is 9.31. The van der Waals surface area contributed by atoms with Gasteiger partial charge in [0.1, 0.15) is 5.82 Å². The molecule has 2 rings (SSSR count). The molecule has 0 bridgehead atoms. The van der Waals surface area contributed by atoms with Crippen molar-refractivity contribution in [1.29, 1.82) is 0 Å². The number of benzene rings is 1. The molecular formula is C22H27FO3S. The van der Waals surface area contributed by atoms with Gasteiger partial charge in [-0.25, -0.2) is 4.39 Å². The molecule has 0 fully saturated rings. The number of halogens is 1. The second kappa shape index (κ2) is 9.79. The van der Waals surface area contributed by atoms with Crippen LogP contribution in [0.4, 0.5) is 4.39 Å². The van der Waals surface area contributed by atoms with Gasteiger partial charge in [0.05, 0.1) is 17.9 Å². The van der Waals surface area contributed by atoms with Gasteiger partial charge < -0.3 is 4.74 Å². The lowest BCUT2D eigenvalue weighted by atomic mass is 9.84. The number of rotatable bonds is 10. The van der Waals surface area contributed by atoms with Crippen molar-refractivity contribution in [1.82, 2.24) is 0 Å². The van der Waals surface area contributed by atoms with Crippen LogP contribution in [0.5, 0.6) is 0 Å². The molecule has 3 nitrogen and oxygen atoms in total. The minimum Gasteiger partial charge on any atom is -0.466 e. The number of hydrogen-bond acceptors (Lipinski definition) is 4. The Morgan fingerprint density at radius 3 is 2.63 bits per heavy atom. The fourth-order valence-electron chi connectivity index (χ4n) is 2.89. The van der Waals surface area contributed by atoms with E-state index in [1.54, 1.807) is 6.07 Å². The molecule has 0 N–H and O–H groups in total. The van der Waals surface area contributed by atoms with Gasteiger partial charge in [0, 0.05) is 11.3 Å². The van der Waals surface area contributed by atoms with Crippen LogP contribution in [0.3, 0.4) is 0 Å². The van der Waals surface area contributed by atoms with Crippen molar-refractivity contribution >= 4 is 23.1 Å². The number of ketones is 1. The fourth-order valence-corrected chi connectivity index (χ4v) is 3.86. The first-order chi connectivity index (χ1) is 12.8. The number of thiophene rings is 1. The topological polar surface area (TPSA) is 43.4 Å². The van der Waals surface area contributed by atoms with Crippen LogP contribution in [0.15, 0.2) is 36.4 Å². The third kappa shape index (κ3) is 7.25. The van der Waals surface area contributed by atoms with E-state index in [1.165, 1.54) is 23.5 Å². The highest BCUT2D eigenvalue weighted by molar-refractivity contribution is 7.14. The largest absolute Gasteiger partial charge is 0.466 e. The molecule has 1 heterocycles. The first-order valence-corrected chi connectivity index (χ1v) is 10.1. The van der Waals surface area contributed by atoms with E-state index in [4.69, 9.17) is 4.74 Å². The molecule has 1 aromatic carbocycles. The Morgan fingerprint density at radius 1 is 1.15 bits per heavy atom. The molecule has 27 heavy (non-hydrogen) atoms. The van der Waals surface area contributed by atoms with Gasteiger partial charge in [0.15, 0.2) is 5.78 Å². The van der Waals surface area contributed by atoms with E-state index < -0.39 is 0 Å². The Balaban J connectivity index is 1.84. The van der Waals surface area contributed by atoms with Gasteiger partial charge in [0.2, 0.25) is 0 Å². The SMILES string of the molecule is CCOC(=O)CC(C)(C)CCc1ccc(C(=O)CCc2cccc(F)c2)s1. The van der Waals surface area contributed by atoms with E-state index >= 15 is 0 Å². The average Bonchev–Trinajstić information content (AvgIpc) is 3.07. The maximum Gasteiger partial charge on any atom is 0.306 e. The molecule has 0 atom stereocenters. The lowest BCUT2D eigenvalue weighted by Crippen LogP contribution is -2.19. The van der Waals surface area contributed by atoms with Crippen molar-refractivity contribution in [3.8, 4) is 0 Å². The summed E-state index contributed by atoms with van der Waals surface area (Å²) in [4.78, 5) is 26.0. The lowest BCUT2D eigenvalue weighted by molar-refractivity contribution is -0.145. The molecule has 0 aliphatic heterocycles. The number of hydrogen-bond donors (Lipinski definition) is 0. The molecule has 0 saturated heterocycles. The van der Waals surface area contributed by atoms with E-state index in [1.807, 2.05) is 25.1 Å². The van der Waals surface area contributed by atoms with Gasteiger partial charge in [0.25, 0.3) is 0 Å². The number of aryl methyl sites for hydroxylation is 2. The highest BCUT2D eigenvalue weighted by Crippen LogP contribution is 2.30. The maximum absolute atomic E-state index is 13.2. The molecule has 2 aromatic rings. The third-order valence-corrected chi connectivity index (χ3v) is 5.63. The number of carbonyl (C=O) groups is 2. The summed E-state index contributed by atoms with van der Waals surface area (Å²) < 4.78 is 18.2. The third-order valence-electron chi connectivity index (χ3n) is 4.44. The monoisotopic (exact) mass is 390 g/mol. The molecule has 1 aromatic heterocycles. The van der Waals surface area contributed by atoms with Crippen LogP contribution in [0.1, 0.15) is 60.1 Å². The van der Waals surface area contributed by atoms with Crippen LogP contribution in [0, 0.1) is 11.2 Å². The van der Waals surface area contributed by atoms with Crippen LogP contribution in [0.25, 0.3) is 0 Å². The number of Topliss-reactive ketones (excluding diaryl/α,β-unsaturated/α-hetero) is 1. The van der Waals surface area contributed by atoms with E-state index in [-0.39, 0.29) is 23.0 Å². The second-order valence-corrected chi connectivity index (χ2v) is 8.63. The number of esters is 1. The molecular weight excluding hydrogens is 363 g/mol. The van der Waals surface area contributed by atoms with Crippen molar-refractivity contribution < 1.29 is 18.7 Å². The van der Waals surface area contributed by atoms with Crippen molar-refractivity contribution in [2.75, 3.05) is 6.61 Å². The van der Waals surface area contributed by atoms with Crippen LogP contribution < -0.4 is 0 Å². The summed E-state index contributed by atoms with van der Waals surface area (Å²) in [6, 6.07) is 10.2. The standard InChI is InChI=1S/C22H27FO3S/c1-4-26-21(25)15-22(2,3)13-12-18-9-11-20(27-18)19(24)10-8-16-6-5-7-17(23)14-16/h5-7,9,11,14H,4,8,10,12-13,15H2,1-3H3. The van der Waals surface area contributed by atoms with Gasteiger partial charge in [-0.1, -0.05) is 26.0 Å². The molecule has 0 saturated carbocycles. The zero-order chi connectivity index (χ0) is 19.9. The minimum absolute atomic E-state index is 0.0845. The summed E-state index contributed by atoms with van der Waals surface area (Å²) in [7, 11) is 0. The van der Waals surface area contributed by atoms with Crippen molar-refractivity contribution in [3.05, 3.63) is 57.5 Å². The van der Waals surface area contributed by atoms with Crippen LogP contribution in [-0.2, 0) is 22.4 Å². The predicted octanol–water partition coefficient (Wildman–Crippen LogP) is 5.61. The summed E-state index contributed by atoms with van der Waals surface area (Å²) >= 11 is 1.51. The summed E-state index contributed by atoms with van der Waals surface area (Å²) in [6.07, 6.45) is 2.98. The first kappa shape index (κ1) is 21.3. The quantitative estimate of drug-likeness (QED) is 0.391. The second-order valence-electron chi connectivity index (χ2n) is 7.47. The fraction of sp³-hybridized carbons (Fsp3) is 0.455. The molecule has 0 amide bonds. The molecule has 0 aliphatic carbocycles. The van der Waals surface area contributed by atoms with Crippen molar-refractivity contribution in [2.45, 2.75) is 52.9 Å². The normalized spacial score (nSPS) is 11.4. The highest BCUT2D eigenvalue weighted by Gasteiger charge is 2.23. The Morgan fingerprint density at radius 2 is 1.93 bits per heavy atom. The average molecular weight is 391 g/mol. The van der Waals surface area contributed by atoms with E-state index in [0.717, 1.165) is 28.2 Å². The van der Waals surface area contributed by atoms with Gasteiger partial charge in [-0.05, 0) is 61.4 Å². The molecule has 0 unspecified atom stereocenters. The van der Waals surface area contributed by atoms with Gasteiger partial charge in [-0.15, -0.1) is 11.3 Å². The summed E-state index contributed by atoms with van der Waals surface area (Å²) in [5, 5.41) is 0. The molecule has 0 spiro atoms. The zero-order valence-corrected chi connectivity index (χ0v) is 17.0. The highest BCUT2D eigenvalue weighted by atomic mass is 32.1. The Bertz CT molecular complexity index is 779.